The second-order valence-electron chi connectivity index (χ2n) is 6.43. The Morgan fingerprint density at radius 3 is 2.52 bits per heavy atom. The largest absolute Gasteiger partial charge is 0.375 e. The van der Waals surface area contributed by atoms with Crippen molar-refractivity contribution in [1.29, 1.82) is 0 Å². The topological polar surface area (TPSA) is 60.2 Å². The summed E-state index contributed by atoms with van der Waals surface area (Å²) in [7, 11) is 1.51. The minimum atomic E-state index is -0.188. The van der Waals surface area contributed by atoms with Gasteiger partial charge in [-0.05, 0) is 29.7 Å². The molecule has 3 aromatic rings. The number of nitrogens with zero attached hydrogens (tertiary/aromatic N) is 4. The fraction of sp³-hybridized carbons (Fsp3) is 0.250. The van der Waals surface area contributed by atoms with Gasteiger partial charge in [-0.15, -0.1) is 0 Å². The lowest BCUT2D eigenvalue weighted by atomic mass is 9.92. The summed E-state index contributed by atoms with van der Waals surface area (Å²) in [5, 5.41) is 5.06. The molecule has 2 heterocycles. The molecule has 0 saturated heterocycles. The van der Waals surface area contributed by atoms with Crippen LogP contribution < -0.4 is 4.90 Å². The lowest BCUT2D eigenvalue weighted by Gasteiger charge is -2.39. The predicted octanol–water partition coefficient (Wildman–Crippen LogP) is 3.65. The molecule has 0 aliphatic carbocycles. The predicted molar refractivity (Wildman–Crippen MR) is 103 cm³/mol. The van der Waals surface area contributed by atoms with E-state index in [0.717, 1.165) is 11.1 Å². The van der Waals surface area contributed by atoms with Gasteiger partial charge in [0.25, 0.3) is 5.91 Å². The highest BCUT2D eigenvalue weighted by Crippen LogP contribution is 2.41. The number of hydrogen-bond donors (Lipinski definition) is 0. The van der Waals surface area contributed by atoms with Crippen LogP contribution in [0.3, 0.4) is 0 Å². The highest BCUT2D eigenvalue weighted by molar-refractivity contribution is 6.30. The van der Waals surface area contributed by atoms with Gasteiger partial charge in [0.05, 0.1) is 12.1 Å². The van der Waals surface area contributed by atoms with E-state index in [1.165, 1.54) is 13.4 Å². The average molecular weight is 383 g/mol. The number of carbonyl (C=O) groups is 1. The Bertz CT molecular complexity index is 927. The minimum absolute atomic E-state index is 0.0176. The summed E-state index contributed by atoms with van der Waals surface area (Å²) in [5.41, 5.74) is 2.13. The van der Waals surface area contributed by atoms with Crippen molar-refractivity contribution in [2.24, 2.45) is 0 Å². The van der Waals surface area contributed by atoms with Crippen LogP contribution >= 0.6 is 11.6 Å². The van der Waals surface area contributed by atoms with E-state index in [4.69, 9.17) is 16.3 Å². The molecule has 27 heavy (non-hydrogen) atoms. The first-order chi connectivity index (χ1) is 13.2. The number of aromatic nitrogens is 3. The molecule has 6 nitrogen and oxygen atoms in total. The number of anilines is 1. The Labute approximate surface area is 162 Å². The highest BCUT2D eigenvalue weighted by Gasteiger charge is 2.39. The zero-order valence-electron chi connectivity index (χ0n) is 14.8. The third kappa shape index (κ3) is 3.34. The minimum Gasteiger partial charge on any atom is -0.375 e. The lowest BCUT2D eigenvalue weighted by Crippen LogP contribution is -2.44. The molecule has 138 valence electrons. The van der Waals surface area contributed by atoms with Crippen LogP contribution in [-0.4, -0.2) is 34.4 Å². The molecule has 0 spiro atoms. The van der Waals surface area contributed by atoms with Gasteiger partial charge >= 0.3 is 0 Å². The second-order valence-corrected chi connectivity index (χ2v) is 6.87. The maximum Gasteiger partial charge on any atom is 0.255 e. The maximum atomic E-state index is 12.8. The molecule has 1 amide bonds. The normalized spacial score (nSPS) is 19.0. The zero-order chi connectivity index (χ0) is 18.8. The molecule has 2 aromatic carbocycles. The van der Waals surface area contributed by atoms with Crippen molar-refractivity contribution < 1.29 is 9.53 Å². The molecule has 4 rings (SSSR count). The standard InChI is InChI=1S/C20H19ClN4O2/c1-27-12-19(26)24-17(15-7-9-16(21)10-8-15)11-18(14-5-3-2-4-6-14)25-20(24)22-13-23-25/h2-10,13,17-18H,11-12H2,1H3. The van der Waals surface area contributed by atoms with Gasteiger partial charge in [-0.25, -0.2) is 4.68 Å². The van der Waals surface area contributed by atoms with E-state index in [9.17, 15) is 4.79 Å². The Morgan fingerprint density at radius 1 is 1.11 bits per heavy atom. The summed E-state index contributed by atoms with van der Waals surface area (Å²) in [6.07, 6.45) is 2.17. The van der Waals surface area contributed by atoms with E-state index in [2.05, 4.69) is 22.2 Å². The first-order valence-electron chi connectivity index (χ1n) is 8.70. The number of hydrogen-bond acceptors (Lipinski definition) is 4. The van der Waals surface area contributed by atoms with Crippen LogP contribution in [0, 0.1) is 0 Å². The van der Waals surface area contributed by atoms with E-state index in [0.29, 0.717) is 17.4 Å². The number of fused-ring (bicyclic) bond motifs is 1. The van der Waals surface area contributed by atoms with Gasteiger partial charge in [-0.1, -0.05) is 54.1 Å². The monoisotopic (exact) mass is 382 g/mol. The van der Waals surface area contributed by atoms with Gasteiger partial charge in [0.15, 0.2) is 0 Å². The fourth-order valence-electron chi connectivity index (χ4n) is 3.59. The summed E-state index contributed by atoms with van der Waals surface area (Å²) in [5.74, 6) is 0.371. The van der Waals surface area contributed by atoms with E-state index in [1.807, 2.05) is 47.1 Å². The highest BCUT2D eigenvalue weighted by atomic mass is 35.5. The van der Waals surface area contributed by atoms with Gasteiger partial charge in [0, 0.05) is 12.1 Å². The summed E-state index contributed by atoms with van der Waals surface area (Å²) >= 11 is 6.06. The van der Waals surface area contributed by atoms with E-state index < -0.39 is 0 Å². The van der Waals surface area contributed by atoms with Crippen molar-refractivity contribution in [3.63, 3.8) is 0 Å². The molecular weight excluding hydrogens is 364 g/mol. The molecule has 0 fully saturated rings. The van der Waals surface area contributed by atoms with E-state index >= 15 is 0 Å². The summed E-state index contributed by atoms with van der Waals surface area (Å²) in [6.45, 7) is -0.0209. The first-order valence-corrected chi connectivity index (χ1v) is 9.07. The fourth-order valence-corrected chi connectivity index (χ4v) is 3.72. The van der Waals surface area contributed by atoms with Crippen LogP contribution in [0.5, 0.6) is 0 Å². The number of ether oxygens (including phenoxy) is 1. The van der Waals surface area contributed by atoms with Crippen LogP contribution in [0.25, 0.3) is 0 Å². The Kier molecular flexibility index (Phi) is 4.92. The smallest absolute Gasteiger partial charge is 0.255 e. The quantitative estimate of drug-likeness (QED) is 0.691. The van der Waals surface area contributed by atoms with Crippen molar-refractivity contribution in [2.75, 3.05) is 18.6 Å². The molecule has 2 atom stereocenters. The number of halogens is 1. The van der Waals surface area contributed by atoms with Gasteiger partial charge in [-0.3, -0.25) is 9.69 Å². The van der Waals surface area contributed by atoms with Crippen molar-refractivity contribution in [1.82, 2.24) is 14.8 Å². The summed E-state index contributed by atoms with van der Waals surface area (Å²) < 4.78 is 6.91. The molecule has 1 aromatic heterocycles. The summed E-state index contributed by atoms with van der Waals surface area (Å²) in [6, 6.07) is 17.5. The van der Waals surface area contributed by atoms with Crippen molar-refractivity contribution in [3.8, 4) is 0 Å². The molecule has 7 heteroatoms. The van der Waals surface area contributed by atoms with Gasteiger partial charge < -0.3 is 4.74 Å². The van der Waals surface area contributed by atoms with Crippen LogP contribution in [0.15, 0.2) is 60.9 Å². The molecule has 2 unspecified atom stereocenters. The van der Waals surface area contributed by atoms with E-state index in [-0.39, 0.29) is 24.6 Å². The van der Waals surface area contributed by atoms with Crippen LogP contribution in [0.2, 0.25) is 5.02 Å². The zero-order valence-corrected chi connectivity index (χ0v) is 15.6. The van der Waals surface area contributed by atoms with Crippen LogP contribution in [-0.2, 0) is 9.53 Å². The maximum absolute atomic E-state index is 12.8. The lowest BCUT2D eigenvalue weighted by molar-refractivity contribution is -0.123. The third-order valence-corrected chi connectivity index (χ3v) is 5.05. The van der Waals surface area contributed by atoms with Crippen molar-refractivity contribution in [3.05, 3.63) is 77.1 Å². The molecule has 0 radical (unpaired) electrons. The molecular formula is C20H19ClN4O2. The number of carbonyl (C=O) groups excluding carboxylic acids is 1. The average Bonchev–Trinajstić information content (AvgIpc) is 3.18. The molecule has 0 N–H and O–H groups in total. The number of rotatable bonds is 4. The number of benzene rings is 2. The first kappa shape index (κ1) is 17.7. The number of amides is 1. The van der Waals surface area contributed by atoms with Gasteiger partial charge in [0.2, 0.25) is 5.95 Å². The third-order valence-electron chi connectivity index (χ3n) is 4.80. The van der Waals surface area contributed by atoms with Crippen molar-refractivity contribution in [2.45, 2.75) is 18.5 Å². The van der Waals surface area contributed by atoms with Crippen molar-refractivity contribution >= 4 is 23.5 Å². The Balaban J connectivity index is 1.82. The van der Waals surface area contributed by atoms with Crippen LogP contribution in [0.1, 0.15) is 29.6 Å². The molecule has 0 bridgehead atoms. The van der Waals surface area contributed by atoms with Gasteiger partial charge in [0.1, 0.15) is 12.9 Å². The second kappa shape index (κ2) is 7.50. The molecule has 1 aliphatic heterocycles. The van der Waals surface area contributed by atoms with E-state index in [1.54, 1.807) is 4.90 Å². The Morgan fingerprint density at radius 2 is 1.81 bits per heavy atom. The Hall–Kier alpha value is -2.70. The summed E-state index contributed by atoms with van der Waals surface area (Å²) in [4.78, 5) is 18.9. The van der Waals surface area contributed by atoms with Crippen LogP contribution in [0.4, 0.5) is 5.95 Å². The number of methoxy groups -OCH3 is 1. The van der Waals surface area contributed by atoms with Gasteiger partial charge in [-0.2, -0.15) is 10.1 Å². The molecule has 1 aliphatic rings. The molecule has 0 saturated carbocycles. The SMILES string of the molecule is COCC(=O)N1c2ncnn2C(c2ccccc2)CC1c1ccc(Cl)cc1.